The molecule has 0 bridgehead atoms. The zero-order valence-electron chi connectivity index (χ0n) is 24.6. The van der Waals surface area contributed by atoms with Crippen LogP contribution in [0.1, 0.15) is 15.9 Å². The van der Waals surface area contributed by atoms with Gasteiger partial charge in [-0.05, 0) is 60.2 Å². The Hall–Kier alpha value is -5.12. The van der Waals surface area contributed by atoms with Gasteiger partial charge in [0, 0.05) is 43.9 Å². The van der Waals surface area contributed by atoms with Crippen LogP contribution in [-0.2, 0) is 11.3 Å². The van der Waals surface area contributed by atoms with Gasteiger partial charge in [0.1, 0.15) is 12.3 Å². The van der Waals surface area contributed by atoms with Crippen LogP contribution in [0.5, 0.6) is 17.2 Å². The van der Waals surface area contributed by atoms with E-state index < -0.39 is 0 Å². The molecule has 3 aromatic carbocycles. The zero-order chi connectivity index (χ0) is 30.2. The minimum atomic E-state index is -0.205. The van der Waals surface area contributed by atoms with Crippen LogP contribution >= 0.6 is 0 Å². The fraction of sp³-hybridized carbons (Fsp3) is 0.273. The van der Waals surface area contributed by atoms with Crippen LogP contribution in [0.3, 0.4) is 0 Å². The van der Waals surface area contributed by atoms with Crippen molar-refractivity contribution in [1.82, 2.24) is 20.0 Å². The lowest BCUT2D eigenvalue weighted by Crippen LogP contribution is -2.52. The number of hydrogen-bond donors (Lipinski definition) is 0. The molecule has 0 saturated carbocycles. The number of hydrogen-bond acceptors (Lipinski definition) is 8. The molecule has 10 heteroatoms. The molecule has 1 aliphatic heterocycles. The summed E-state index contributed by atoms with van der Waals surface area (Å²) >= 11 is 0. The number of carbonyl (C=O) groups excluding carboxylic acids is 2. The maximum Gasteiger partial charge on any atom is 0.254 e. The van der Waals surface area contributed by atoms with Gasteiger partial charge < -0.3 is 28.9 Å². The quantitative estimate of drug-likeness (QED) is 0.276. The van der Waals surface area contributed by atoms with Crippen molar-refractivity contribution in [3.63, 3.8) is 0 Å². The highest BCUT2D eigenvalue weighted by Crippen LogP contribution is 2.31. The van der Waals surface area contributed by atoms with Crippen LogP contribution in [0, 0.1) is 0 Å². The molecule has 1 aliphatic rings. The number of amides is 2. The van der Waals surface area contributed by atoms with Crippen molar-refractivity contribution in [3.8, 4) is 28.5 Å². The Balaban J connectivity index is 1.22. The lowest BCUT2D eigenvalue weighted by molar-refractivity contribution is -0.132. The fourth-order valence-electron chi connectivity index (χ4n) is 5.01. The van der Waals surface area contributed by atoms with E-state index in [4.69, 9.17) is 14.2 Å². The van der Waals surface area contributed by atoms with Crippen molar-refractivity contribution >= 4 is 17.6 Å². The van der Waals surface area contributed by atoms with Gasteiger partial charge in [0.05, 0.1) is 27.0 Å². The van der Waals surface area contributed by atoms with E-state index in [1.807, 2.05) is 60.7 Å². The molecule has 10 nitrogen and oxygen atoms in total. The van der Waals surface area contributed by atoms with Gasteiger partial charge in [0.2, 0.25) is 5.91 Å². The largest absolute Gasteiger partial charge is 0.497 e. The van der Waals surface area contributed by atoms with Crippen molar-refractivity contribution in [2.24, 2.45) is 0 Å². The van der Waals surface area contributed by atoms with Gasteiger partial charge in [-0.15, -0.1) is 10.2 Å². The third-order valence-electron chi connectivity index (χ3n) is 7.45. The van der Waals surface area contributed by atoms with E-state index >= 15 is 0 Å². The maximum absolute atomic E-state index is 13.5. The Kier molecular flexibility index (Phi) is 9.36. The Morgan fingerprint density at radius 2 is 1.49 bits per heavy atom. The number of nitrogens with zero attached hydrogens (tertiary/aromatic N) is 5. The third kappa shape index (κ3) is 7.03. The molecule has 2 heterocycles. The summed E-state index contributed by atoms with van der Waals surface area (Å²) in [6, 6.07) is 26.1. The molecular weight excluding hydrogens is 546 g/mol. The second-order valence-corrected chi connectivity index (χ2v) is 10.1. The van der Waals surface area contributed by atoms with Gasteiger partial charge in [-0.25, -0.2) is 0 Å². The van der Waals surface area contributed by atoms with Crippen LogP contribution in [0.4, 0.5) is 5.82 Å². The number of anilines is 1. The lowest BCUT2D eigenvalue weighted by atomic mass is 10.1. The van der Waals surface area contributed by atoms with E-state index in [-0.39, 0.29) is 18.4 Å². The first-order valence-electron chi connectivity index (χ1n) is 14.0. The average Bonchev–Trinajstić information content (AvgIpc) is 3.08. The molecule has 1 saturated heterocycles. The van der Waals surface area contributed by atoms with Gasteiger partial charge >= 0.3 is 0 Å². The summed E-state index contributed by atoms with van der Waals surface area (Å²) in [4.78, 5) is 32.4. The first-order valence-corrected chi connectivity index (χ1v) is 14.0. The number of carbonyl (C=O) groups is 2. The molecule has 43 heavy (non-hydrogen) atoms. The summed E-state index contributed by atoms with van der Waals surface area (Å²) in [5, 5.41) is 8.88. The van der Waals surface area contributed by atoms with Gasteiger partial charge in [0.25, 0.3) is 5.91 Å². The van der Waals surface area contributed by atoms with Crippen LogP contribution < -0.4 is 19.1 Å². The van der Waals surface area contributed by atoms with Crippen LogP contribution in [0.2, 0.25) is 0 Å². The molecular formula is C33H35N5O5. The molecule has 222 valence electrons. The topological polar surface area (TPSA) is 97.3 Å². The Morgan fingerprint density at radius 3 is 2.12 bits per heavy atom. The molecule has 2 amide bonds. The normalized spacial score (nSPS) is 12.9. The number of methoxy groups -OCH3 is 3. The average molecular weight is 582 g/mol. The summed E-state index contributed by atoms with van der Waals surface area (Å²) in [6.07, 6.45) is 0. The van der Waals surface area contributed by atoms with Gasteiger partial charge in [0.15, 0.2) is 17.3 Å². The number of piperazine rings is 1. The Morgan fingerprint density at radius 1 is 0.767 bits per heavy atom. The summed E-state index contributed by atoms with van der Waals surface area (Å²) in [5.74, 6) is 2.39. The SMILES string of the molecule is COc1ccc(C(=O)N(CC(=O)N2CCN(c3ccc(-c4ccc(OC)c(OC)c4)nn3)CC2)Cc2ccccc2)cc1. The molecule has 0 atom stereocenters. The first kappa shape index (κ1) is 29.4. The summed E-state index contributed by atoms with van der Waals surface area (Å²) in [6.45, 7) is 2.59. The third-order valence-corrected chi connectivity index (χ3v) is 7.45. The zero-order valence-corrected chi connectivity index (χ0v) is 24.6. The minimum Gasteiger partial charge on any atom is -0.497 e. The van der Waals surface area contributed by atoms with Crippen molar-refractivity contribution < 1.29 is 23.8 Å². The Bertz CT molecular complexity index is 1520. The van der Waals surface area contributed by atoms with Crippen LogP contribution in [0.25, 0.3) is 11.3 Å². The summed E-state index contributed by atoms with van der Waals surface area (Å²) < 4.78 is 15.9. The molecule has 0 N–H and O–H groups in total. The van der Waals surface area contributed by atoms with E-state index in [0.717, 1.165) is 22.6 Å². The monoisotopic (exact) mass is 581 g/mol. The van der Waals surface area contributed by atoms with E-state index in [0.29, 0.717) is 55.5 Å². The van der Waals surface area contributed by atoms with Crippen LogP contribution in [0.15, 0.2) is 84.9 Å². The predicted molar refractivity (Wildman–Crippen MR) is 164 cm³/mol. The van der Waals surface area contributed by atoms with E-state index in [1.165, 1.54) is 0 Å². The van der Waals surface area contributed by atoms with Crippen molar-refractivity contribution in [3.05, 3.63) is 96.1 Å². The maximum atomic E-state index is 13.5. The van der Waals surface area contributed by atoms with Gasteiger partial charge in [-0.3, -0.25) is 9.59 Å². The fourth-order valence-corrected chi connectivity index (χ4v) is 5.01. The smallest absolute Gasteiger partial charge is 0.254 e. The van der Waals surface area contributed by atoms with Crippen LogP contribution in [-0.4, -0.2) is 85.9 Å². The van der Waals surface area contributed by atoms with E-state index in [9.17, 15) is 9.59 Å². The minimum absolute atomic E-state index is 0.0143. The van der Waals surface area contributed by atoms with E-state index in [2.05, 4.69) is 15.1 Å². The van der Waals surface area contributed by atoms with Gasteiger partial charge in [-0.1, -0.05) is 30.3 Å². The second-order valence-electron chi connectivity index (χ2n) is 10.1. The second kappa shape index (κ2) is 13.7. The number of rotatable bonds is 10. The van der Waals surface area contributed by atoms with Gasteiger partial charge in [-0.2, -0.15) is 0 Å². The lowest BCUT2D eigenvalue weighted by Gasteiger charge is -2.36. The summed E-state index contributed by atoms with van der Waals surface area (Å²) in [5.41, 5.74) is 3.05. The van der Waals surface area contributed by atoms with Crippen molar-refractivity contribution in [2.45, 2.75) is 6.54 Å². The Labute approximate surface area is 251 Å². The molecule has 1 aromatic heterocycles. The first-order chi connectivity index (χ1) is 21.0. The predicted octanol–water partition coefficient (Wildman–Crippen LogP) is 4.16. The number of aromatic nitrogens is 2. The highest BCUT2D eigenvalue weighted by atomic mass is 16.5. The molecule has 1 fully saturated rings. The molecule has 0 radical (unpaired) electrons. The molecule has 4 aromatic rings. The number of ether oxygens (including phenoxy) is 3. The molecule has 0 spiro atoms. The highest BCUT2D eigenvalue weighted by Gasteiger charge is 2.26. The molecule has 0 aliphatic carbocycles. The van der Waals surface area contributed by atoms with E-state index in [1.54, 1.807) is 55.4 Å². The molecule has 5 rings (SSSR count). The standard InChI is InChI=1S/C33H35N5O5/c1-41-27-12-9-25(10-13-27)33(40)38(22-24-7-5-4-6-8-24)23-32(39)37-19-17-36(18-20-37)31-16-14-28(34-35-31)26-11-15-29(42-2)30(21-26)43-3/h4-16,21H,17-20,22-23H2,1-3H3. The van der Waals surface area contributed by atoms with Crippen molar-refractivity contribution in [2.75, 3.05) is 59.0 Å². The summed E-state index contributed by atoms with van der Waals surface area (Å²) in [7, 11) is 4.78. The number of benzene rings is 3. The van der Waals surface area contributed by atoms with Crippen molar-refractivity contribution in [1.29, 1.82) is 0 Å². The highest BCUT2D eigenvalue weighted by molar-refractivity contribution is 5.96. The molecule has 0 unspecified atom stereocenters.